The summed E-state index contributed by atoms with van der Waals surface area (Å²) in [5.74, 6) is 1.24. The Morgan fingerprint density at radius 1 is 0.451 bits per heavy atom. The number of benzene rings is 5. The highest BCUT2D eigenvalue weighted by Crippen LogP contribution is 2.64. The van der Waals surface area contributed by atoms with Gasteiger partial charge in [-0.05, 0) is 91.7 Å². The largest absolute Gasteiger partial charge is 0.474 e. The Balaban J connectivity index is 1.15. The Labute approximate surface area is 294 Å². The van der Waals surface area contributed by atoms with Crippen molar-refractivity contribution >= 4 is 22.6 Å². The lowest BCUT2D eigenvalue weighted by Gasteiger charge is -2.31. The van der Waals surface area contributed by atoms with Gasteiger partial charge in [0.2, 0.25) is 11.8 Å². The van der Waals surface area contributed by atoms with E-state index in [4.69, 9.17) is 19.4 Å². The molecule has 2 aliphatic carbocycles. The van der Waals surface area contributed by atoms with Crippen LogP contribution in [-0.4, -0.2) is 48.1 Å². The molecule has 51 heavy (non-hydrogen) atoms. The minimum absolute atomic E-state index is 0.513. The van der Waals surface area contributed by atoms with Crippen molar-refractivity contribution in [3.05, 3.63) is 167 Å². The van der Waals surface area contributed by atoms with Gasteiger partial charge in [0.05, 0.1) is 29.9 Å². The summed E-state index contributed by atoms with van der Waals surface area (Å²) in [6.07, 6.45) is 0. The van der Waals surface area contributed by atoms with Crippen LogP contribution in [0.15, 0.2) is 143 Å². The van der Waals surface area contributed by atoms with Crippen molar-refractivity contribution in [1.82, 2.24) is 9.97 Å². The molecule has 0 amide bonds. The molecule has 0 radical (unpaired) electrons. The first-order valence-corrected chi connectivity index (χ1v) is 17.5. The van der Waals surface area contributed by atoms with Crippen LogP contribution in [-0.2, 0) is 14.9 Å². The second kappa shape index (κ2) is 10.8. The van der Waals surface area contributed by atoms with Crippen molar-refractivity contribution in [2.24, 2.45) is 9.98 Å². The molecule has 4 heterocycles. The fourth-order valence-corrected chi connectivity index (χ4v) is 8.70. The van der Waals surface area contributed by atoms with Crippen molar-refractivity contribution in [3.63, 3.8) is 0 Å². The molecule has 0 atom stereocenters. The van der Waals surface area contributed by atoms with Crippen LogP contribution in [0, 0.1) is 0 Å². The molecule has 0 bridgehead atoms. The summed E-state index contributed by atoms with van der Waals surface area (Å²) in [4.78, 5) is 19.0. The summed E-state index contributed by atoms with van der Waals surface area (Å²) in [5.41, 5.74) is 15.2. The molecule has 0 saturated carbocycles. The molecule has 2 aromatic heterocycles. The Morgan fingerprint density at radius 3 is 1.63 bits per heavy atom. The van der Waals surface area contributed by atoms with Crippen molar-refractivity contribution in [2.45, 2.75) is 5.41 Å². The van der Waals surface area contributed by atoms with E-state index in [2.05, 4.69) is 119 Å². The van der Waals surface area contributed by atoms with Crippen molar-refractivity contribution < 1.29 is 9.47 Å². The maximum absolute atomic E-state index is 5.78. The zero-order chi connectivity index (χ0) is 33.5. The molecular weight excluding hydrogens is 629 g/mol. The molecule has 0 saturated heterocycles. The highest BCUT2D eigenvalue weighted by molar-refractivity contribution is 6.05. The van der Waals surface area contributed by atoms with Crippen LogP contribution in [0.25, 0.3) is 55.5 Å². The third-order valence-electron chi connectivity index (χ3n) is 10.8. The standard InChI is InChI=1S/C45H30N4O2/c1-3-9-35-31(7-1)32-8-2-4-10-36(32)45(35)37-26-29(39-12-6-14-41(49-39)44-47-22-24-51-44)17-19-33(37)34-20-15-27-25-28(16-18-30(27)42(34)45)38-11-5-13-40(48-38)43-46-21-23-50-43/h1-20,25-26H,21-24H2. The highest BCUT2D eigenvalue weighted by atomic mass is 16.5. The van der Waals surface area contributed by atoms with Crippen LogP contribution in [0.2, 0.25) is 0 Å². The number of hydrogen-bond donors (Lipinski definition) is 0. The number of aliphatic imine (C=N–C) groups is 2. The second-order valence-corrected chi connectivity index (χ2v) is 13.4. The molecule has 0 unspecified atom stereocenters. The smallest absolute Gasteiger partial charge is 0.235 e. The van der Waals surface area contributed by atoms with Gasteiger partial charge >= 0.3 is 0 Å². The van der Waals surface area contributed by atoms with Crippen LogP contribution in [0.5, 0.6) is 0 Å². The van der Waals surface area contributed by atoms with E-state index in [9.17, 15) is 0 Å². The molecular formula is C45H30N4O2. The number of pyridine rings is 2. The molecule has 242 valence electrons. The van der Waals surface area contributed by atoms with Gasteiger partial charge in [-0.15, -0.1) is 0 Å². The lowest BCUT2D eigenvalue weighted by molar-refractivity contribution is 0.347. The van der Waals surface area contributed by atoms with Crippen LogP contribution in [0.3, 0.4) is 0 Å². The Bertz CT molecular complexity index is 2630. The maximum Gasteiger partial charge on any atom is 0.235 e. The topological polar surface area (TPSA) is 69.0 Å². The molecule has 0 N–H and O–H groups in total. The molecule has 4 aliphatic rings. The number of rotatable bonds is 4. The molecule has 11 rings (SSSR count). The summed E-state index contributed by atoms with van der Waals surface area (Å²) >= 11 is 0. The predicted molar refractivity (Wildman–Crippen MR) is 201 cm³/mol. The first kappa shape index (κ1) is 28.4. The fourth-order valence-electron chi connectivity index (χ4n) is 8.70. The van der Waals surface area contributed by atoms with Gasteiger partial charge in [-0.3, -0.25) is 0 Å². The van der Waals surface area contributed by atoms with Gasteiger partial charge in [0.25, 0.3) is 0 Å². The third kappa shape index (κ3) is 4.04. The van der Waals surface area contributed by atoms with Crippen molar-refractivity contribution in [2.75, 3.05) is 26.3 Å². The zero-order valence-corrected chi connectivity index (χ0v) is 27.6. The Kier molecular flexibility index (Phi) is 6.02. The lowest BCUT2D eigenvalue weighted by Crippen LogP contribution is -2.26. The van der Waals surface area contributed by atoms with Gasteiger partial charge in [0, 0.05) is 11.1 Å². The number of hydrogen-bond acceptors (Lipinski definition) is 6. The maximum atomic E-state index is 5.78. The molecule has 1 spiro atoms. The quantitative estimate of drug-likeness (QED) is 0.190. The van der Waals surface area contributed by atoms with Crippen molar-refractivity contribution in [1.29, 1.82) is 0 Å². The van der Waals surface area contributed by atoms with E-state index in [1.165, 1.54) is 55.3 Å². The van der Waals surface area contributed by atoms with Crippen LogP contribution < -0.4 is 0 Å². The summed E-state index contributed by atoms with van der Waals surface area (Å²) < 4.78 is 11.5. The van der Waals surface area contributed by atoms with Gasteiger partial charge < -0.3 is 9.47 Å². The third-order valence-corrected chi connectivity index (χ3v) is 10.8. The first-order valence-electron chi connectivity index (χ1n) is 17.5. The fraction of sp³-hybridized carbons (Fsp3) is 0.111. The number of aromatic nitrogens is 2. The lowest BCUT2D eigenvalue weighted by atomic mass is 9.69. The van der Waals surface area contributed by atoms with Crippen LogP contribution >= 0.6 is 0 Å². The van der Waals surface area contributed by atoms with E-state index in [0.717, 1.165) is 33.9 Å². The van der Waals surface area contributed by atoms with Crippen LogP contribution in [0.4, 0.5) is 0 Å². The number of fused-ring (bicyclic) bond motifs is 12. The second-order valence-electron chi connectivity index (χ2n) is 13.4. The molecule has 6 nitrogen and oxygen atoms in total. The molecule has 0 fully saturated rings. The minimum atomic E-state index is -0.513. The normalized spacial score (nSPS) is 15.8. The zero-order valence-electron chi connectivity index (χ0n) is 27.6. The van der Waals surface area contributed by atoms with Gasteiger partial charge in [-0.2, -0.15) is 0 Å². The molecule has 7 aromatic rings. The number of nitrogens with zero attached hydrogens (tertiary/aromatic N) is 4. The van der Waals surface area contributed by atoms with E-state index in [1.54, 1.807) is 0 Å². The van der Waals surface area contributed by atoms with E-state index in [1.807, 2.05) is 24.3 Å². The van der Waals surface area contributed by atoms with Gasteiger partial charge in [0.15, 0.2) is 0 Å². The molecule has 6 heteroatoms. The van der Waals surface area contributed by atoms with Gasteiger partial charge in [-0.1, -0.05) is 97.1 Å². The average molecular weight is 659 g/mol. The van der Waals surface area contributed by atoms with Crippen molar-refractivity contribution in [3.8, 4) is 44.8 Å². The summed E-state index contributed by atoms with van der Waals surface area (Å²) in [6, 6.07) is 48.3. The first-order chi connectivity index (χ1) is 25.3. The Hall–Kier alpha value is -6.40. The average Bonchev–Trinajstić information content (AvgIpc) is 4.02. The van der Waals surface area contributed by atoms with E-state index in [0.29, 0.717) is 38.1 Å². The molecule has 2 aliphatic heterocycles. The summed E-state index contributed by atoms with van der Waals surface area (Å²) in [6.45, 7) is 2.55. The summed E-state index contributed by atoms with van der Waals surface area (Å²) in [7, 11) is 0. The highest BCUT2D eigenvalue weighted by Gasteiger charge is 2.52. The number of ether oxygens (including phenoxy) is 2. The van der Waals surface area contributed by atoms with E-state index < -0.39 is 5.41 Å². The minimum Gasteiger partial charge on any atom is -0.474 e. The van der Waals surface area contributed by atoms with Gasteiger partial charge in [-0.25, -0.2) is 20.0 Å². The van der Waals surface area contributed by atoms with E-state index >= 15 is 0 Å². The van der Waals surface area contributed by atoms with Gasteiger partial charge in [0.1, 0.15) is 24.6 Å². The predicted octanol–water partition coefficient (Wildman–Crippen LogP) is 8.86. The van der Waals surface area contributed by atoms with Crippen LogP contribution in [0.1, 0.15) is 33.6 Å². The molecule has 5 aromatic carbocycles. The Morgan fingerprint density at radius 2 is 1.00 bits per heavy atom. The SMILES string of the molecule is c1cc(C2=NCCO2)nc(-c2ccc3c(c2)C2(c4ccccc4-c4ccccc42)c2c-3ccc3cc(-c4cccc(C5=NCCO5)n4)ccc23)c1. The monoisotopic (exact) mass is 658 g/mol. The van der Waals surface area contributed by atoms with E-state index in [-0.39, 0.29) is 0 Å². The summed E-state index contributed by atoms with van der Waals surface area (Å²) in [5, 5.41) is 2.41.